The van der Waals surface area contributed by atoms with E-state index in [2.05, 4.69) is 48.6 Å². The van der Waals surface area contributed by atoms with Crippen LogP contribution in [0.2, 0.25) is 0 Å². The highest BCUT2D eigenvalue weighted by molar-refractivity contribution is 9.10. The summed E-state index contributed by atoms with van der Waals surface area (Å²) in [5.74, 6) is -0.816. The van der Waals surface area contributed by atoms with Crippen molar-refractivity contribution in [1.82, 2.24) is 20.3 Å². The maximum absolute atomic E-state index is 14.3. The lowest BCUT2D eigenvalue weighted by atomic mass is 9.83. The zero-order valence-corrected chi connectivity index (χ0v) is 29.7. The molecule has 7 rings (SSSR count). The van der Waals surface area contributed by atoms with Crippen LogP contribution in [0.15, 0.2) is 95.6 Å². The number of piperidine rings is 1. The molecule has 3 aromatic carbocycles. The van der Waals surface area contributed by atoms with Gasteiger partial charge in [0.15, 0.2) is 5.60 Å². The molecule has 1 spiro atoms. The Labute approximate surface area is 300 Å². The van der Waals surface area contributed by atoms with Crippen molar-refractivity contribution in [2.24, 2.45) is 5.92 Å². The van der Waals surface area contributed by atoms with E-state index in [0.29, 0.717) is 37.3 Å². The molecule has 0 saturated carbocycles. The van der Waals surface area contributed by atoms with Crippen molar-refractivity contribution >= 4 is 44.8 Å². The van der Waals surface area contributed by atoms with Crippen molar-refractivity contribution in [1.29, 1.82) is 0 Å². The first-order valence-corrected chi connectivity index (χ1v) is 18.0. The van der Waals surface area contributed by atoms with Gasteiger partial charge >= 0.3 is 0 Å². The third kappa shape index (κ3) is 6.14. The van der Waals surface area contributed by atoms with Crippen molar-refractivity contribution in [3.8, 4) is 0 Å². The first-order valence-electron chi connectivity index (χ1n) is 17.2. The van der Waals surface area contributed by atoms with Gasteiger partial charge in [-0.2, -0.15) is 0 Å². The van der Waals surface area contributed by atoms with Gasteiger partial charge in [-0.1, -0.05) is 70.6 Å². The Morgan fingerprint density at radius 2 is 1.78 bits per heavy atom. The Morgan fingerprint density at radius 3 is 2.56 bits per heavy atom. The van der Waals surface area contributed by atoms with Crippen molar-refractivity contribution in [3.63, 3.8) is 0 Å². The molecule has 11 nitrogen and oxygen atoms in total. The third-order valence-corrected chi connectivity index (χ3v) is 10.8. The quantitative estimate of drug-likeness (QED) is 0.192. The van der Waals surface area contributed by atoms with Crippen molar-refractivity contribution < 1.29 is 19.8 Å². The van der Waals surface area contributed by atoms with Gasteiger partial charge in [-0.05, 0) is 80.4 Å². The Bertz CT molecular complexity index is 1890. The number of aromatic nitrogens is 3. The van der Waals surface area contributed by atoms with Crippen LogP contribution in [-0.4, -0.2) is 68.9 Å². The average Bonchev–Trinajstić information content (AvgIpc) is 3.76. The highest BCUT2D eigenvalue weighted by Crippen LogP contribution is 2.47. The highest BCUT2D eigenvalue weighted by atomic mass is 79.9. The number of carbonyl (C=O) groups is 2. The van der Waals surface area contributed by atoms with Crippen LogP contribution in [-0.2, 0) is 34.7 Å². The van der Waals surface area contributed by atoms with E-state index in [-0.39, 0.29) is 25.0 Å². The topological polar surface area (TPSA) is 127 Å². The largest absolute Gasteiger partial charge is 0.396 e. The SMILES string of the molecule is C[C@H](/C=C/CCn1cc(CCO)nn1)[C@@]1(O)C(=O)N(Cc2cccc(N3CN(c4ccccc4)C4(CCNCC4)C3=O)c2)c2ccc(Br)cc21. The molecule has 2 amide bonds. The zero-order valence-electron chi connectivity index (χ0n) is 28.1. The van der Waals surface area contributed by atoms with Crippen LogP contribution in [0.4, 0.5) is 17.1 Å². The molecule has 0 radical (unpaired) electrons. The van der Waals surface area contributed by atoms with Crippen molar-refractivity contribution in [2.45, 2.75) is 56.8 Å². The van der Waals surface area contributed by atoms with E-state index in [9.17, 15) is 14.7 Å². The molecule has 0 unspecified atom stereocenters. The average molecular weight is 741 g/mol. The second-order valence-corrected chi connectivity index (χ2v) is 14.3. The van der Waals surface area contributed by atoms with Gasteiger partial charge in [0.05, 0.1) is 24.6 Å². The van der Waals surface area contributed by atoms with E-state index in [4.69, 9.17) is 5.11 Å². The second kappa shape index (κ2) is 14.1. The molecule has 3 aliphatic heterocycles. The molecule has 12 heteroatoms. The maximum Gasteiger partial charge on any atom is 0.264 e. The number of benzene rings is 3. The normalized spacial score (nSPS) is 20.8. The number of hydrogen-bond donors (Lipinski definition) is 3. The van der Waals surface area contributed by atoms with E-state index < -0.39 is 17.1 Å². The van der Waals surface area contributed by atoms with Crippen molar-refractivity contribution in [3.05, 3.63) is 112 Å². The summed E-state index contributed by atoms with van der Waals surface area (Å²) in [7, 11) is 0. The molecular weight excluding hydrogens is 698 g/mol. The van der Waals surface area contributed by atoms with Gasteiger partial charge in [-0.25, -0.2) is 0 Å². The Hall–Kier alpha value is -4.36. The summed E-state index contributed by atoms with van der Waals surface area (Å²) in [5, 5.41) is 32.9. The molecule has 260 valence electrons. The van der Waals surface area contributed by atoms with Gasteiger partial charge in [0.25, 0.3) is 11.8 Å². The molecule has 50 heavy (non-hydrogen) atoms. The molecule has 1 aromatic heterocycles. The third-order valence-electron chi connectivity index (χ3n) is 10.3. The highest BCUT2D eigenvalue weighted by Gasteiger charge is 2.54. The number of allylic oxidation sites excluding steroid dienone is 1. The van der Waals surface area contributed by atoms with Crippen molar-refractivity contribution in [2.75, 3.05) is 41.1 Å². The first-order chi connectivity index (χ1) is 24.2. The summed E-state index contributed by atoms with van der Waals surface area (Å²) < 4.78 is 2.49. The fraction of sp³-hybridized carbons (Fsp3) is 0.368. The van der Waals surface area contributed by atoms with Gasteiger partial charge in [0, 0.05) is 53.1 Å². The molecule has 3 N–H and O–H groups in total. The van der Waals surface area contributed by atoms with Gasteiger partial charge < -0.3 is 25.3 Å². The van der Waals surface area contributed by atoms with E-state index in [1.165, 1.54) is 0 Å². The number of para-hydroxylation sites is 1. The summed E-state index contributed by atoms with van der Waals surface area (Å²) >= 11 is 3.54. The minimum absolute atomic E-state index is 0.0209. The Morgan fingerprint density at radius 1 is 1.00 bits per heavy atom. The lowest BCUT2D eigenvalue weighted by Gasteiger charge is -2.39. The van der Waals surface area contributed by atoms with Crippen LogP contribution in [0.5, 0.6) is 0 Å². The molecule has 2 atom stereocenters. The van der Waals surface area contributed by atoms with Gasteiger partial charge in [0.1, 0.15) is 5.54 Å². The number of aryl methyl sites for hydroxylation is 1. The number of aliphatic hydroxyl groups is 2. The van der Waals surface area contributed by atoms with E-state index in [0.717, 1.165) is 53.0 Å². The summed E-state index contributed by atoms with van der Waals surface area (Å²) in [5.41, 5.74) is 2.23. The second-order valence-electron chi connectivity index (χ2n) is 13.4. The minimum Gasteiger partial charge on any atom is -0.396 e. The standard InChI is InChI=1S/C38H42BrN7O4/c1-27(8-5-6-20-43-25-30(15-21-47)41-42-43)38(50)33-23-29(39)13-14-34(33)44(36(38)49)24-28-9-7-12-32(22-28)45-26-46(31-10-3-2-4-11-31)37(35(45)48)16-18-40-19-17-37/h2-5,7-14,22-23,25,27,40,47,50H,6,15-21,24,26H2,1H3/b8-5+/t27-,38+/m1/s1. The number of halogens is 1. The lowest BCUT2D eigenvalue weighted by molar-refractivity contribution is -0.139. The van der Waals surface area contributed by atoms with Crippen LogP contribution in [0.25, 0.3) is 0 Å². The molecular formula is C38H42BrN7O4. The van der Waals surface area contributed by atoms with Gasteiger partial charge in [0.2, 0.25) is 0 Å². The molecule has 2 fully saturated rings. The first kappa shape index (κ1) is 34.1. The van der Waals surface area contributed by atoms with Crippen LogP contribution < -0.4 is 20.0 Å². The Balaban J connectivity index is 1.11. The van der Waals surface area contributed by atoms with E-state index in [1.807, 2.05) is 90.8 Å². The molecule has 4 heterocycles. The maximum atomic E-state index is 14.3. The van der Waals surface area contributed by atoms with E-state index >= 15 is 0 Å². The number of nitrogens with one attached hydrogen (secondary N) is 1. The smallest absolute Gasteiger partial charge is 0.264 e. The molecule has 2 saturated heterocycles. The van der Waals surface area contributed by atoms with Crippen LogP contribution >= 0.6 is 15.9 Å². The number of nitrogens with zero attached hydrogens (tertiary/aromatic N) is 6. The lowest BCUT2D eigenvalue weighted by Crippen LogP contribution is -2.55. The number of anilines is 3. The number of fused-ring (bicyclic) bond motifs is 1. The number of rotatable bonds is 11. The fourth-order valence-electron chi connectivity index (χ4n) is 7.57. The number of carbonyl (C=O) groups excluding carboxylic acids is 2. The summed E-state index contributed by atoms with van der Waals surface area (Å²) in [6.07, 6.45) is 8.19. The minimum atomic E-state index is -1.77. The summed E-state index contributed by atoms with van der Waals surface area (Å²) in [6.45, 7) is 4.69. The van der Waals surface area contributed by atoms with E-state index in [1.54, 1.807) is 9.58 Å². The van der Waals surface area contributed by atoms with Crippen LogP contribution in [0, 0.1) is 5.92 Å². The number of aliphatic hydroxyl groups excluding tert-OH is 1. The summed E-state index contributed by atoms with van der Waals surface area (Å²) in [6, 6.07) is 23.5. The fourth-order valence-corrected chi connectivity index (χ4v) is 7.93. The van der Waals surface area contributed by atoms with Crippen LogP contribution in [0.1, 0.15) is 43.0 Å². The molecule has 0 bridgehead atoms. The van der Waals surface area contributed by atoms with Gasteiger partial charge in [-0.15, -0.1) is 5.10 Å². The predicted molar refractivity (Wildman–Crippen MR) is 196 cm³/mol. The molecule has 3 aliphatic rings. The Kier molecular flexibility index (Phi) is 9.62. The molecule has 4 aromatic rings. The predicted octanol–water partition coefficient (Wildman–Crippen LogP) is 4.53. The molecule has 0 aliphatic carbocycles. The zero-order chi connectivity index (χ0) is 34.9. The number of amides is 2. The van der Waals surface area contributed by atoms with Crippen LogP contribution in [0.3, 0.4) is 0 Å². The monoisotopic (exact) mass is 739 g/mol. The summed E-state index contributed by atoms with van der Waals surface area (Å²) in [4.78, 5) is 34.3. The number of hydrogen-bond acceptors (Lipinski definition) is 8. The van der Waals surface area contributed by atoms with Gasteiger partial charge in [-0.3, -0.25) is 19.2 Å².